The summed E-state index contributed by atoms with van der Waals surface area (Å²) < 4.78 is 38.8. The monoisotopic (exact) mass is 404 g/mol. The molecule has 28 heavy (non-hydrogen) atoms. The van der Waals surface area contributed by atoms with E-state index in [9.17, 15) is 13.2 Å². The lowest BCUT2D eigenvalue weighted by molar-refractivity contribution is 0.0857. The summed E-state index contributed by atoms with van der Waals surface area (Å²) in [4.78, 5) is 12.6. The van der Waals surface area contributed by atoms with Crippen LogP contribution in [0.5, 0.6) is 5.75 Å². The van der Waals surface area contributed by atoms with E-state index < -0.39 is 10.0 Å². The number of anilines is 1. The van der Waals surface area contributed by atoms with Crippen molar-refractivity contribution in [3.63, 3.8) is 0 Å². The van der Waals surface area contributed by atoms with E-state index in [1.807, 2.05) is 0 Å². The first-order valence-corrected chi connectivity index (χ1v) is 10.6. The van der Waals surface area contributed by atoms with Gasteiger partial charge in [0.1, 0.15) is 5.75 Å². The molecule has 0 bridgehead atoms. The van der Waals surface area contributed by atoms with E-state index in [0.717, 1.165) is 12.8 Å². The minimum atomic E-state index is -3.88. The normalized spacial score (nSPS) is 16.6. The van der Waals surface area contributed by atoms with Crippen LogP contribution in [0.3, 0.4) is 0 Å². The number of benzene rings is 2. The van der Waals surface area contributed by atoms with Crippen molar-refractivity contribution in [2.24, 2.45) is 0 Å². The van der Waals surface area contributed by atoms with Crippen molar-refractivity contribution >= 4 is 21.6 Å². The van der Waals surface area contributed by atoms with Gasteiger partial charge >= 0.3 is 0 Å². The first-order valence-electron chi connectivity index (χ1n) is 9.07. The van der Waals surface area contributed by atoms with Crippen LogP contribution >= 0.6 is 0 Å². The highest BCUT2D eigenvalue weighted by molar-refractivity contribution is 7.92. The first kappa shape index (κ1) is 20.2. The lowest BCUT2D eigenvalue weighted by Crippen LogP contribution is -2.32. The van der Waals surface area contributed by atoms with Gasteiger partial charge in [0.15, 0.2) is 0 Å². The zero-order valence-corrected chi connectivity index (χ0v) is 16.7. The third-order valence-electron chi connectivity index (χ3n) is 4.63. The Kier molecular flexibility index (Phi) is 6.21. The smallest absolute Gasteiger partial charge is 0.262 e. The molecule has 1 atom stereocenters. The second-order valence-electron chi connectivity index (χ2n) is 6.63. The molecule has 2 aromatic rings. The van der Waals surface area contributed by atoms with Crippen molar-refractivity contribution < 1.29 is 22.7 Å². The minimum absolute atomic E-state index is 0.00581. The topological polar surface area (TPSA) is 93.7 Å². The van der Waals surface area contributed by atoms with Crippen LogP contribution in [0.2, 0.25) is 0 Å². The number of rotatable bonds is 7. The molecule has 1 aliphatic heterocycles. The number of methoxy groups -OCH3 is 1. The molecular formula is C20H24N2O5S. The van der Waals surface area contributed by atoms with Gasteiger partial charge in [-0.05, 0) is 49.6 Å². The maximum absolute atomic E-state index is 12.8. The Morgan fingerprint density at radius 1 is 1.25 bits per heavy atom. The largest absolute Gasteiger partial charge is 0.495 e. The molecule has 1 amide bonds. The zero-order valence-electron chi connectivity index (χ0n) is 15.9. The zero-order chi connectivity index (χ0) is 20.1. The van der Waals surface area contributed by atoms with Gasteiger partial charge in [0.05, 0.1) is 23.8 Å². The molecular weight excluding hydrogens is 380 g/mol. The molecule has 8 heteroatoms. The van der Waals surface area contributed by atoms with E-state index in [2.05, 4.69) is 10.0 Å². The highest BCUT2D eigenvalue weighted by atomic mass is 32.2. The molecule has 7 nitrogen and oxygen atoms in total. The Labute approximate surface area is 165 Å². The molecule has 1 aliphatic rings. The Morgan fingerprint density at radius 2 is 2.04 bits per heavy atom. The van der Waals surface area contributed by atoms with Gasteiger partial charge in [-0.3, -0.25) is 9.52 Å². The third-order valence-corrected chi connectivity index (χ3v) is 5.99. The van der Waals surface area contributed by atoms with Crippen molar-refractivity contribution in [3.05, 3.63) is 53.6 Å². The first-order chi connectivity index (χ1) is 13.4. The average Bonchev–Trinajstić information content (AvgIpc) is 3.20. The molecule has 1 saturated heterocycles. The highest BCUT2D eigenvalue weighted by Gasteiger charge is 2.21. The Morgan fingerprint density at radius 3 is 2.75 bits per heavy atom. The molecule has 2 N–H and O–H groups in total. The Balaban J connectivity index is 1.80. The predicted molar refractivity (Wildman–Crippen MR) is 106 cm³/mol. The molecule has 0 radical (unpaired) electrons. The third kappa shape index (κ3) is 4.63. The van der Waals surface area contributed by atoms with Crippen molar-refractivity contribution in [2.45, 2.75) is 30.8 Å². The lowest BCUT2D eigenvalue weighted by atomic mass is 10.1. The molecule has 0 saturated carbocycles. The predicted octanol–water partition coefficient (Wildman–Crippen LogP) is 2.71. The quantitative estimate of drug-likeness (QED) is 0.740. The summed E-state index contributed by atoms with van der Waals surface area (Å²) in [7, 11) is -2.42. The van der Waals surface area contributed by atoms with E-state index in [4.69, 9.17) is 9.47 Å². The fraction of sp³-hybridized carbons (Fsp3) is 0.350. The number of hydrogen-bond acceptors (Lipinski definition) is 5. The fourth-order valence-electron chi connectivity index (χ4n) is 3.05. The van der Waals surface area contributed by atoms with Gasteiger partial charge < -0.3 is 14.8 Å². The van der Waals surface area contributed by atoms with E-state index in [1.54, 1.807) is 37.3 Å². The summed E-state index contributed by atoms with van der Waals surface area (Å²) in [5.74, 6) is 0.0926. The summed E-state index contributed by atoms with van der Waals surface area (Å²) in [6, 6.07) is 11.2. The van der Waals surface area contributed by atoms with Crippen LogP contribution in [0.4, 0.5) is 5.69 Å². The Hall–Kier alpha value is -2.58. The maximum atomic E-state index is 12.8. The van der Waals surface area contributed by atoms with Crippen molar-refractivity contribution in [2.75, 3.05) is 25.0 Å². The van der Waals surface area contributed by atoms with E-state index in [-0.39, 0.29) is 16.9 Å². The van der Waals surface area contributed by atoms with E-state index in [1.165, 1.54) is 19.2 Å². The van der Waals surface area contributed by atoms with Crippen LogP contribution < -0.4 is 14.8 Å². The number of amides is 1. The minimum Gasteiger partial charge on any atom is -0.495 e. The number of ether oxygens (including phenoxy) is 2. The molecule has 3 rings (SSSR count). The molecule has 0 unspecified atom stereocenters. The summed E-state index contributed by atoms with van der Waals surface area (Å²) in [6.07, 6.45) is 1.92. The Bertz CT molecular complexity index is 953. The fourth-order valence-corrected chi connectivity index (χ4v) is 4.15. The molecule has 0 aromatic heterocycles. The second kappa shape index (κ2) is 8.62. The van der Waals surface area contributed by atoms with Crippen molar-refractivity contribution in [1.29, 1.82) is 0 Å². The lowest BCUT2D eigenvalue weighted by Gasteiger charge is -2.14. The molecule has 0 spiro atoms. The van der Waals surface area contributed by atoms with E-state index >= 15 is 0 Å². The number of hydrogen-bond donors (Lipinski definition) is 2. The molecule has 0 aliphatic carbocycles. The van der Waals surface area contributed by atoms with Crippen LogP contribution in [-0.2, 0) is 14.8 Å². The SMILES string of the molecule is COc1ccccc1NS(=O)(=O)c1ccc(C)c(C(=O)NC[C@@H]2CCCO2)c1. The standard InChI is InChI=1S/C20H24N2O5S/c1-14-9-10-16(12-17(14)20(23)21-13-15-6-5-11-27-15)28(24,25)22-18-7-3-4-8-19(18)26-2/h3-4,7-10,12,15,22H,5-6,11,13H2,1-2H3,(H,21,23)/t15-/m0/s1. The highest BCUT2D eigenvalue weighted by Crippen LogP contribution is 2.26. The number of sulfonamides is 1. The molecule has 1 fully saturated rings. The van der Waals surface area contributed by atoms with Crippen LogP contribution in [0.25, 0.3) is 0 Å². The average molecular weight is 404 g/mol. The van der Waals surface area contributed by atoms with Crippen LogP contribution in [0, 0.1) is 6.92 Å². The molecule has 2 aromatic carbocycles. The van der Waals surface area contributed by atoms with Gasteiger partial charge in [0.25, 0.3) is 15.9 Å². The van der Waals surface area contributed by atoms with Crippen LogP contribution in [-0.4, -0.2) is 40.7 Å². The number of carbonyl (C=O) groups excluding carboxylic acids is 1. The van der Waals surface area contributed by atoms with E-state index in [0.29, 0.717) is 35.7 Å². The summed E-state index contributed by atoms with van der Waals surface area (Å²) >= 11 is 0. The summed E-state index contributed by atoms with van der Waals surface area (Å²) in [5, 5.41) is 2.83. The van der Waals surface area contributed by atoms with Gasteiger partial charge in [-0.1, -0.05) is 18.2 Å². The van der Waals surface area contributed by atoms with Gasteiger partial charge in [-0.15, -0.1) is 0 Å². The second-order valence-corrected chi connectivity index (χ2v) is 8.31. The van der Waals surface area contributed by atoms with Crippen molar-refractivity contribution in [3.8, 4) is 5.75 Å². The molecule has 1 heterocycles. The van der Waals surface area contributed by atoms with Gasteiger partial charge in [-0.2, -0.15) is 0 Å². The van der Waals surface area contributed by atoms with Gasteiger partial charge in [0.2, 0.25) is 0 Å². The number of nitrogens with one attached hydrogen (secondary N) is 2. The van der Waals surface area contributed by atoms with Crippen LogP contribution in [0.1, 0.15) is 28.8 Å². The number of para-hydroxylation sites is 2. The van der Waals surface area contributed by atoms with Crippen molar-refractivity contribution in [1.82, 2.24) is 5.32 Å². The summed E-state index contributed by atoms with van der Waals surface area (Å²) in [5.41, 5.74) is 1.34. The van der Waals surface area contributed by atoms with Gasteiger partial charge in [-0.25, -0.2) is 8.42 Å². The van der Waals surface area contributed by atoms with Gasteiger partial charge in [0, 0.05) is 18.7 Å². The molecule has 150 valence electrons. The van der Waals surface area contributed by atoms with Crippen LogP contribution in [0.15, 0.2) is 47.4 Å². The number of aryl methyl sites for hydroxylation is 1. The maximum Gasteiger partial charge on any atom is 0.262 e. The number of carbonyl (C=O) groups is 1. The summed E-state index contributed by atoms with van der Waals surface area (Å²) in [6.45, 7) is 2.89.